The highest BCUT2D eigenvalue weighted by Gasteiger charge is 2.43. The van der Waals surface area contributed by atoms with Crippen molar-refractivity contribution in [3.8, 4) is 5.75 Å². The van der Waals surface area contributed by atoms with Gasteiger partial charge in [-0.25, -0.2) is 13.9 Å². The van der Waals surface area contributed by atoms with Gasteiger partial charge < -0.3 is 19.5 Å². The number of carbonyl (C=O) groups excluding carboxylic acids is 2. The van der Waals surface area contributed by atoms with Crippen molar-refractivity contribution in [1.29, 1.82) is 0 Å². The molecule has 2 N–H and O–H groups in total. The van der Waals surface area contributed by atoms with Crippen molar-refractivity contribution in [2.45, 2.75) is 81.8 Å². The molecule has 5 rings (SSSR count). The maximum Gasteiger partial charge on any atom is 0.490 e. The molecular formula is C27H35F4N3O7S. The number of hydrogen-bond acceptors (Lipinski definition) is 8. The zero-order valence-corrected chi connectivity index (χ0v) is 23.8. The van der Waals surface area contributed by atoms with Gasteiger partial charge >= 0.3 is 22.4 Å². The van der Waals surface area contributed by atoms with Crippen LogP contribution in [0.15, 0.2) is 12.1 Å². The summed E-state index contributed by atoms with van der Waals surface area (Å²) in [5, 5.41) is 3.22. The first-order valence-corrected chi connectivity index (χ1v) is 15.8. The normalized spacial score (nSPS) is 25.9. The van der Waals surface area contributed by atoms with Crippen LogP contribution in [0.4, 0.5) is 17.6 Å². The zero-order valence-electron chi connectivity index (χ0n) is 23.0. The molecule has 3 atom stereocenters. The van der Waals surface area contributed by atoms with E-state index in [-0.39, 0.29) is 62.3 Å². The van der Waals surface area contributed by atoms with Crippen molar-refractivity contribution in [2.24, 2.45) is 5.92 Å². The van der Waals surface area contributed by atoms with Crippen LogP contribution in [0.2, 0.25) is 0 Å². The van der Waals surface area contributed by atoms with Gasteiger partial charge in [-0.3, -0.25) is 4.79 Å². The molecule has 15 heteroatoms. The summed E-state index contributed by atoms with van der Waals surface area (Å²) >= 11 is 0. The summed E-state index contributed by atoms with van der Waals surface area (Å²) in [5.41, 5.74) is 0.149. The lowest BCUT2D eigenvalue weighted by molar-refractivity contribution is -0.204. The molecule has 1 amide bonds. The number of carbonyl (C=O) groups is 2. The minimum atomic E-state index is -5.06. The standard InChI is InChI=1S/C27H35F4N3O7S/c28-23-13-24(39-15-16-1-4-19(11-16)41-26(36)27(29,30)31)21(17-2-3-17)12-22(23)25(35)33-42(37,38)34-9-6-18(7-10-34)40-20-5-8-32-14-20/h12-13,16-20,32H,1-11,14-15H2,(H,33,35)/t16?,19?,20-/m1/s1. The Morgan fingerprint density at radius 1 is 1.00 bits per heavy atom. The number of halogens is 4. The first-order chi connectivity index (χ1) is 19.9. The fraction of sp³-hybridized carbons (Fsp3) is 0.704. The molecule has 10 nitrogen and oxygen atoms in total. The van der Waals surface area contributed by atoms with Crippen LogP contribution in [0.3, 0.4) is 0 Å². The maximum absolute atomic E-state index is 15.1. The molecule has 0 radical (unpaired) electrons. The quantitative estimate of drug-likeness (QED) is 0.302. The monoisotopic (exact) mass is 621 g/mol. The Kier molecular flexibility index (Phi) is 9.30. The molecule has 2 aliphatic carbocycles. The van der Waals surface area contributed by atoms with Crippen molar-refractivity contribution in [2.75, 3.05) is 32.8 Å². The van der Waals surface area contributed by atoms with Crippen LogP contribution in [0.5, 0.6) is 5.75 Å². The number of esters is 1. The summed E-state index contributed by atoms with van der Waals surface area (Å²) in [7, 11) is -4.21. The average molecular weight is 622 g/mol. The van der Waals surface area contributed by atoms with Gasteiger partial charge in [0.05, 0.1) is 24.4 Å². The summed E-state index contributed by atoms with van der Waals surface area (Å²) in [5.74, 6) is -4.25. The average Bonchev–Trinajstić information content (AvgIpc) is 3.45. The fourth-order valence-electron chi connectivity index (χ4n) is 5.76. The number of amides is 1. The van der Waals surface area contributed by atoms with Gasteiger partial charge in [0.15, 0.2) is 0 Å². The number of benzene rings is 1. The lowest BCUT2D eigenvalue weighted by atomic mass is 10.0. The van der Waals surface area contributed by atoms with Crippen molar-refractivity contribution in [3.63, 3.8) is 0 Å². The predicted octanol–water partition coefficient (Wildman–Crippen LogP) is 3.17. The third-order valence-electron chi connectivity index (χ3n) is 8.20. The molecule has 2 saturated carbocycles. The second-order valence-electron chi connectivity index (χ2n) is 11.4. The molecule has 4 aliphatic rings. The summed E-state index contributed by atoms with van der Waals surface area (Å²) < 4.78 is 97.9. The Bertz CT molecular complexity index is 1260. The maximum atomic E-state index is 15.1. The van der Waals surface area contributed by atoms with E-state index >= 15 is 4.39 Å². The molecule has 0 aromatic heterocycles. The molecule has 2 aliphatic heterocycles. The lowest BCUT2D eigenvalue weighted by Gasteiger charge is -2.32. The first kappa shape index (κ1) is 31.0. The van der Waals surface area contributed by atoms with Gasteiger partial charge in [-0.05, 0) is 81.4 Å². The van der Waals surface area contributed by atoms with Crippen molar-refractivity contribution < 1.29 is 49.8 Å². The number of rotatable bonds is 10. The summed E-state index contributed by atoms with van der Waals surface area (Å²) in [6.45, 7) is 2.08. The summed E-state index contributed by atoms with van der Waals surface area (Å²) in [4.78, 5) is 24.0. The van der Waals surface area contributed by atoms with Gasteiger partial charge in [0.1, 0.15) is 17.7 Å². The van der Waals surface area contributed by atoms with Crippen LogP contribution < -0.4 is 14.8 Å². The third kappa shape index (κ3) is 7.71. The molecular weight excluding hydrogens is 586 g/mol. The van der Waals surface area contributed by atoms with Crippen LogP contribution in [-0.2, 0) is 24.5 Å². The zero-order chi connectivity index (χ0) is 30.1. The van der Waals surface area contributed by atoms with E-state index in [0.29, 0.717) is 24.8 Å². The van der Waals surface area contributed by atoms with E-state index < -0.39 is 45.7 Å². The van der Waals surface area contributed by atoms with E-state index in [9.17, 15) is 31.2 Å². The van der Waals surface area contributed by atoms with Crippen molar-refractivity contribution in [3.05, 3.63) is 29.1 Å². The van der Waals surface area contributed by atoms with Crippen molar-refractivity contribution in [1.82, 2.24) is 14.3 Å². The Morgan fingerprint density at radius 2 is 1.74 bits per heavy atom. The predicted molar refractivity (Wildman–Crippen MR) is 140 cm³/mol. The van der Waals surface area contributed by atoms with E-state index in [0.717, 1.165) is 42.7 Å². The molecule has 1 aromatic carbocycles. The van der Waals surface area contributed by atoms with Gasteiger partial charge in [-0.2, -0.15) is 25.9 Å². The number of hydrogen-bond donors (Lipinski definition) is 2. The van der Waals surface area contributed by atoms with E-state index in [1.165, 1.54) is 6.07 Å². The van der Waals surface area contributed by atoms with Gasteiger partial charge in [0.2, 0.25) is 0 Å². The molecule has 0 bridgehead atoms. The molecule has 234 valence electrons. The summed E-state index contributed by atoms with van der Waals surface area (Å²) in [6, 6.07) is 2.36. The van der Waals surface area contributed by atoms with Gasteiger partial charge in [-0.1, -0.05) is 0 Å². The highest BCUT2D eigenvalue weighted by Crippen LogP contribution is 2.45. The highest BCUT2D eigenvalue weighted by molar-refractivity contribution is 7.87. The van der Waals surface area contributed by atoms with Crippen LogP contribution in [0, 0.1) is 11.7 Å². The molecule has 42 heavy (non-hydrogen) atoms. The first-order valence-electron chi connectivity index (χ1n) is 14.3. The largest absolute Gasteiger partial charge is 0.493 e. The molecule has 0 spiro atoms. The Morgan fingerprint density at radius 3 is 2.38 bits per heavy atom. The fourth-order valence-corrected chi connectivity index (χ4v) is 6.92. The third-order valence-corrected chi connectivity index (χ3v) is 9.68. The molecule has 1 aromatic rings. The van der Waals surface area contributed by atoms with E-state index in [1.807, 2.05) is 4.72 Å². The molecule has 2 saturated heterocycles. The number of piperidine rings is 1. The molecule has 4 fully saturated rings. The smallest absolute Gasteiger partial charge is 0.490 e. The van der Waals surface area contributed by atoms with Gasteiger partial charge in [0, 0.05) is 25.7 Å². The van der Waals surface area contributed by atoms with E-state index in [4.69, 9.17) is 9.47 Å². The Balaban J connectivity index is 1.16. The van der Waals surface area contributed by atoms with Gasteiger partial charge in [0.25, 0.3) is 5.91 Å². The minimum absolute atomic E-state index is 0.0157. The minimum Gasteiger partial charge on any atom is -0.493 e. The lowest BCUT2D eigenvalue weighted by Crippen LogP contribution is -2.48. The highest BCUT2D eigenvalue weighted by atomic mass is 32.2. The molecule has 2 heterocycles. The topological polar surface area (TPSA) is 123 Å². The molecule has 2 unspecified atom stereocenters. The second kappa shape index (κ2) is 12.6. The van der Waals surface area contributed by atoms with Crippen LogP contribution in [-0.4, -0.2) is 81.9 Å². The van der Waals surface area contributed by atoms with Gasteiger partial charge in [-0.15, -0.1) is 0 Å². The van der Waals surface area contributed by atoms with Crippen LogP contribution in [0.1, 0.15) is 73.2 Å². The Hall–Kier alpha value is -2.49. The van der Waals surface area contributed by atoms with Crippen LogP contribution >= 0.6 is 0 Å². The number of alkyl halides is 3. The summed E-state index contributed by atoms with van der Waals surface area (Å²) in [6.07, 6.45) is -1.50. The SMILES string of the molecule is O=C(NS(=O)(=O)N1CCC(O[C@@H]2CCNC2)CC1)c1cc(C2CC2)c(OCC2CCC(OC(=O)C(F)(F)F)C2)cc1F. The number of nitrogens with zero attached hydrogens (tertiary/aromatic N) is 1. The van der Waals surface area contributed by atoms with E-state index in [1.54, 1.807) is 0 Å². The second-order valence-corrected chi connectivity index (χ2v) is 13.1. The number of ether oxygens (including phenoxy) is 3. The van der Waals surface area contributed by atoms with E-state index in [2.05, 4.69) is 10.1 Å². The van der Waals surface area contributed by atoms with Crippen LogP contribution in [0.25, 0.3) is 0 Å². The Labute approximate surface area is 241 Å². The van der Waals surface area contributed by atoms with Crippen molar-refractivity contribution >= 4 is 22.1 Å². The number of nitrogens with one attached hydrogen (secondary N) is 2.